The smallest absolute Gasteiger partial charge is 0.225 e. The van der Waals surface area contributed by atoms with E-state index in [1.165, 1.54) is 11.8 Å². The number of hydrogen-bond donors (Lipinski definition) is 1. The molecule has 2 rings (SSSR count). The minimum atomic E-state index is 0.398. The molecule has 2 N–H and O–H groups in total. The van der Waals surface area contributed by atoms with E-state index in [1.807, 2.05) is 30.5 Å². The van der Waals surface area contributed by atoms with Crippen molar-refractivity contribution >= 4 is 33.5 Å². The Labute approximate surface area is 112 Å². The Morgan fingerprint density at radius 2 is 2.12 bits per heavy atom. The van der Waals surface area contributed by atoms with E-state index >= 15 is 0 Å². The Balaban J connectivity index is 2.26. The van der Waals surface area contributed by atoms with Crippen LogP contribution in [-0.4, -0.2) is 16.2 Å². The van der Waals surface area contributed by atoms with Gasteiger partial charge in [-0.25, -0.2) is 4.98 Å². The second-order valence-electron chi connectivity index (χ2n) is 3.18. The molecule has 6 heteroatoms. The van der Waals surface area contributed by atoms with Crippen LogP contribution in [0.3, 0.4) is 0 Å². The van der Waals surface area contributed by atoms with Gasteiger partial charge in [-0.2, -0.15) is 4.98 Å². The normalized spacial score (nSPS) is 10.2. The Morgan fingerprint density at radius 3 is 2.82 bits per heavy atom. The quantitative estimate of drug-likeness (QED) is 0.696. The number of rotatable bonds is 3. The SMILES string of the molecule is CSc1nc(N)cc(Oc2cccc(Br)c2)n1. The minimum absolute atomic E-state index is 0.398. The lowest BCUT2D eigenvalue weighted by molar-refractivity contribution is 0.456. The number of aromatic nitrogens is 2. The standard InChI is InChI=1S/C11H10BrN3OS/c1-17-11-14-9(13)6-10(15-11)16-8-4-2-3-7(12)5-8/h2-6H,1H3,(H2,13,14,15). The number of halogens is 1. The van der Waals surface area contributed by atoms with Gasteiger partial charge in [0.15, 0.2) is 5.16 Å². The van der Waals surface area contributed by atoms with Crippen molar-refractivity contribution < 1.29 is 4.74 Å². The Bertz CT molecular complexity index is 536. The number of nitrogen functional groups attached to an aromatic ring is 1. The van der Waals surface area contributed by atoms with Crippen LogP contribution in [0.5, 0.6) is 11.6 Å². The fourth-order valence-corrected chi connectivity index (χ4v) is 1.97. The molecule has 0 spiro atoms. The zero-order chi connectivity index (χ0) is 12.3. The molecule has 4 nitrogen and oxygen atoms in total. The van der Waals surface area contributed by atoms with Crippen LogP contribution in [0.25, 0.3) is 0 Å². The highest BCUT2D eigenvalue weighted by molar-refractivity contribution is 9.10. The van der Waals surface area contributed by atoms with Crippen molar-refractivity contribution in [1.29, 1.82) is 0 Å². The van der Waals surface area contributed by atoms with Crippen LogP contribution in [0.2, 0.25) is 0 Å². The Morgan fingerprint density at radius 1 is 1.29 bits per heavy atom. The lowest BCUT2D eigenvalue weighted by atomic mass is 10.3. The van der Waals surface area contributed by atoms with Crippen LogP contribution < -0.4 is 10.5 Å². The molecule has 0 radical (unpaired) electrons. The molecule has 1 aromatic carbocycles. The molecule has 0 saturated heterocycles. The Kier molecular flexibility index (Phi) is 3.86. The molecule has 1 aromatic heterocycles. The third-order valence-electron chi connectivity index (χ3n) is 1.90. The van der Waals surface area contributed by atoms with Crippen molar-refractivity contribution in [2.24, 2.45) is 0 Å². The van der Waals surface area contributed by atoms with Crippen molar-refractivity contribution in [2.75, 3.05) is 12.0 Å². The molecule has 1 heterocycles. The zero-order valence-electron chi connectivity index (χ0n) is 9.05. The van der Waals surface area contributed by atoms with Gasteiger partial charge in [-0.05, 0) is 24.5 Å². The van der Waals surface area contributed by atoms with E-state index in [0.29, 0.717) is 22.6 Å². The average Bonchev–Trinajstić information content (AvgIpc) is 2.28. The Hall–Kier alpha value is -1.27. The van der Waals surface area contributed by atoms with E-state index in [-0.39, 0.29) is 0 Å². The van der Waals surface area contributed by atoms with E-state index in [0.717, 1.165) is 4.47 Å². The minimum Gasteiger partial charge on any atom is -0.439 e. The number of ether oxygens (including phenoxy) is 1. The van der Waals surface area contributed by atoms with Gasteiger partial charge >= 0.3 is 0 Å². The molecule has 17 heavy (non-hydrogen) atoms. The fraction of sp³-hybridized carbons (Fsp3) is 0.0909. The largest absolute Gasteiger partial charge is 0.439 e. The number of nitrogens with zero attached hydrogens (tertiary/aromatic N) is 2. The van der Waals surface area contributed by atoms with Crippen molar-refractivity contribution in [1.82, 2.24) is 9.97 Å². The fourth-order valence-electron chi connectivity index (χ4n) is 1.22. The number of anilines is 1. The summed E-state index contributed by atoms with van der Waals surface area (Å²) in [6, 6.07) is 9.12. The molecule has 0 bridgehead atoms. The molecule has 88 valence electrons. The molecular formula is C11H10BrN3OS. The van der Waals surface area contributed by atoms with E-state index in [1.54, 1.807) is 6.07 Å². The molecule has 0 amide bonds. The highest BCUT2D eigenvalue weighted by atomic mass is 79.9. The van der Waals surface area contributed by atoms with Crippen molar-refractivity contribution in [3.63, 3.8) is 0 Å². The average molecular weight is 312 g/mol. The highest BCUT2D eigenvalue weighted by Crippen LogP contribution is 2.25. The summed E-state index contributed by atoms with van der Waals surface area (Å²) in [6.45, 7) is 0. The summed E-state index contributed by atoms with van der Waals surface area (Å²) < 4.78 is 6.55. The van der Waals surface area contributed by atoms with Gasteiger partial charge in [0, 0.05) is 10.5 Å². The van der Waals surface area contributed by atoms with Crippen LogP contribution in [0.15, 0.2) is 40.0 Å². The van der Waals surface area contributed by atoms with Crippen LogP contribution in [0.4, 0.5) is 5.82 Å². The van der Waals surface area contributed by atoms with Gasteiger partial charge < -0.3 is 10.5 Å². The maximum absolute atomic E-state index is 5.66. The van der Waals surface area contributed by atoms with Gasteiger partial charge in [-0.15, -0.1) is 0 Å². The first-order chi connectivity index (χ1) is 8.17. The number of hydrogen-bond acceptors (Lipinski definition) is 5. The molecule has 2 aromatic rings. The van der Waals surface area contributed by atoms with Gasteiger partial charge in [0.1, 0.15) is 11.6 Å². The second-order valence-corrected chi connectivity index (χ2v) is 4.87. The summed E-state index contributed by atoms with van der Waals surface area (Å²) >= 11 is 4.80. The van der Waals surface area contributed by atoms with Crippen LogP contribution in [0.1, 0.15) is 0 Å². The maximum atomic E-state index is 5.66. The predicted molar refractivity (Wildman–Crippen MR) is 72.4 cm³/mol. The van der Waals surface area contributed by atoms with E-state index < -0.39 is 0 Å². The summed E-state index contributed by atoms with van der Waals surface area (Å²) in [5, 5.41) is 0.593. The van der Waals surface area contributed by atoms with Gasteiger partial charge in [-0.1, -0.05) is 33.8 Å². The maximum Gasteiger partial charge on any atom is 0.225 e. The third kappa shape index (κ3) is 3.34. The monoisotopic (exact) mass is 311 g/mol. The lowest BCUT2D eigenvalue weighted by Crippen LogP contribution is -1.97. The summed E-state index contributed by atoms with van der Waals surface area (Å²) in [6.07, 6.45) is 1.89. The first-order valence-corrected chi connectivity index (χ1v) is 6.81. The molecular weight excluding hydrogens is 302 g/mol. The van der Waals surface area contributed by atoms with Gasteiger partial charge in [0.25, 0.3) is 0 Å². The molecule has 0 aliphatic heterocycles. The predicted octanol–water partition coefficient (Wildman–Crippen LogP) is 3.34. The third-order valence-corrected chi connectivity index (χ3v) is 2.94. The van der Waals surface area contributed by atoms with Crippen LogP contribution in [-0.2, 0) is 0 Å². The lowest BCUT2D eigenvalue weighted by Gasteiger charge is -2.06. The first kappa shape index (κ1) is 12.2. The first-order valence-electron chi connectivity index (χ1n) is 4.79. The summed E-state index contributed by atoms with van der Waals surface area (Å²) in [5.41, 5.74) is 5.66. The molecule has 0 aliphatic carbocycles. The van der Waals surface area contributed by atoms with Crippen LogP contribution >= 0.6 is 27.7 Å². The molecule has 0 saturated carbocycles. The van der Waals surface area contributed by atoms with Crippen molar-refractivity contribution in [3.05, 3.63) is 34.8 Å². The van der Waals surface area contributed by atoms with E-state index in [4.69, 9.17) is 10.5 Å². The van der Waals surface area contributed by atoms with Crippen molar-refractivity contribution in [2.45, 2.75) is 5.16 Å². The molecule has 0 aliphatic rings. The molecule has 0 unspecified atom stereocenters. The zero-order valence-corrected chi connectivity index (χ0v) is 11.5. The highest BCUT2D eigenvalue weighted by Gasteiger charge is 2.04. The van der Waals surface area contributed by atoms with Crippen molar-refractivity contribution in [3.8, 4) is 11.6 Å². The summed E-state index contributed by atoms with van der Waals surface area (Å²) in [4.78, 5) is 8.26. The van der Waals surface area contributed by atoms with Gasteiger partial charge in [0.05, 0.1) is 0 Å². The molecule has 0 fully saturated rings. The second kappa shape index (κ2) is 5.37. The van der Waals surface area contributed by atoms with Crippen LogP contribution in [0, 0.1) is 0 Å². The summed E-state index contributed by atoms with van der Waals surface area (Å²) in [7, 11) is 0. The van der Waals surface area contributed by atoms with Gasteiger partial charge in [-0.3, -0.25) is 0 Å². The molecule has 0 atom stereocenters. The topological polar surface area (TPSA) is 61.0 Å². The van der Waals surface area contributed by atoms with Gasteiger partial charge in [0.2, 0.25) is 5.88 Å². The summed E-state index contributed by atoms with van der Waals surface area (Å²) in [5.74, 6) is 1.54. The number of thioether (sulfide) groups is 1. The van der Waals surface area contributed by atoms with E-state index in [9.17, 15) is 0 Å². The number of nitrogens with two attached hydrogens (primary N) is 1. The number of benzene rings is 1. The van der Waals surface area contributed by atoms with E-state index in [2.05, 4.69) is 25.9 Å².